The van der Waals surface area contributed by atoms with Gasteiger partial charge in [0.25, 0.3) is 0 Å². The van der Waals surface area contributed by atoms with Gasteiger partial charge in [0, 0.05) is 12.6 Å². The molecular formula is C15H19N. The first-order valence-corrected chi connectivity index (χ1v) is 6.00. The van der Waals surface area contributed by atoms with Crippen molar-refractivity contribution in [1.82, 2.24) is 5.32 Å². The Labute approximate surface area is 97.9 Å². The second kappa shape index (κ2) is 5.66. The summed E-state index contributed by atoms with van der Waals surface area (Å²) in [7, 11) is 0. The maximum Gasteiger partial charge on any atom is 0.0319 e. The minimum Gasteiger partial charge on any atom is -0.306 e. The van der Waals surface area contributed by atoms with Crippen LogP contribution in [0.3, 0.4) is 0 Å². The SMILES string of the molecule is C=CC1=CCCCC1NCc1ccccc1. The maximum atomic E-state index is 3.88. The van der Waals surface area contributed by atoms with Gasteiger partial charge >= 0.3 is 0 Å². The van der Waals surface area contributed by atoms with Gasteiger partial charge in [-0.2, -0.15) is 0 Å². The summed E-state index contributed by atoms with van der Waals surface area (Å²) in [5, 5.41) is 3.60. The normalized spacial score (nSPS) is 20.2. The number of benzene rings is 1. The highest BCUT2D eigenvalue weighted by Crippen LogP contribution is 2.19. The van der Waals surface area contributed by atoms with Crippen LogP contribution in [0.5, 0.6) is 0 Å². The molecule has 0 saturated carbocycles. The predicted molar refractivity (Wildman–Crippen MR) is 69.2 cm³/mol. The van der Waals surface area contributed by atoms with Gasteiger partial charge in [0.05, 0.1) is 0 Å². The Morgan fingerprint density at radius 3 is 2.88 bits per heavy atom. The molecule has 0 heterocycles. The topological polar surface area (TPSA) is 12.0 Å². The van der Waals surface area contributed by atoms with Crippen molar-refractivity contribution in [2.75, 3.05) is 0 Å². The minimum absolute atomic E-state index is 0.492. The lowest BCUT2D eigenvalue weighted by Gasteiger charge is -2.23. The molecule has 2 rings (SSSR count). The van der Waals surface area contributed by atoms with Gasteiger partial charge in [0.1, 0.15) is 0 Å². The number of rotatable bonds is 4. The highest BCUT2D eigenvalue weighted by atomic mass is 14.9. The van der Waals surface area contributed by atoms with E-state index in [1.165, 1.54) is 30.4 Å². The van der Waals surface area contributed by atoms with Crippen LogP contribution in [0.2, 0.25) is 0 Å². The lowest BCUT2D eigenvalue weighted by Crippen LogP contribution is -2.31. The number of hydrogen-bond acceptors (Lipinski definition) is 1. The quantitative estimate of drug-likeness (QED) is 0.808. The van der Waals surface area contributed by atoms with Crippen LogP contribution in [0, 0.1) is 0 Å². The van der Waals surface area contributed by atoms with Gasteiger partial charge < -0.3 is 5.32 Å². The smallest absolute Gasteiger partial charge is 0.0319 e. The van der Waals surface area contributed by atoms with Crippen LogP contribution in [0.15, 0.2) is 54.6 Å². The third-order valence-corrected chi connectivity index (χ3v) is 3.11. The second-order valence-electron chi connectivity index (χ2n) is 4.26. The van der Waals surface area contributed by atoms with Crippen LogP contribution in [-0.4, -0.2) is 6.04 Å². The molecule has 1 aromatic carbocycles. The van der Waals surface area contributed by atoms with Crippen molar-refractivity contribution in [1.29, 1.82) is 0 Å². The molecule has 0 fully saturated rings. The van der Waals surface area contributed by atoms with Crippen molar-refractivity contribution in [3.05, 3.63) is 60.2 Å². The number of nitrogens with one attached hydrogen (secondary N) is 1. The molecule has 1 aliphatic carbocycles. The van der Waals surface area contributed by atoms with Crippen molar-refractivity contribution in [3.8, 4) is 0 Å². The zero-order valence-electron chi connectivity index (χ0n) is 9.65. The van der Waals surface area contributed by atoms with Crippen molar-refractivity contribution in [2.45, 2.75) is 31.8 Å². The Balaban J connectivity index is 1.92. The number of hydrogen-bond donors (Lipinski definition) is 1. The summed E-state index contributed by atoms with van der Waals surface area (Å²) in [6, 6.07) is 11.0. The van der Waals surface area contributed by atoms with E-state index in [0.717, 1.165) is 6.54 Å². The fourth-order valence-corrected chi connectivity index (χ4v) is 2.18. The molecule has 1 nitrogen and oxygen atoms in total. The van der Waals surface area contributed by atoms with E-state index in [-0.39, 0.29) is 0 Å². The molecule has 1 unspecified atom stereocenters. The molecule has 1 aromatic rings. The fourth-order valence-electron chi connectivity index (χ4n) is 2.18. The Morgan fingerprint density at radius 1 is 1.31 bits per heavy atom. The Bertz CT molecular complexity index is 364. The first kappa shape index (κ1) is 11.2. The van der Waals surface area contributed by atoms with E-state index in [1.54, 1.807) is 0 Å². The Hall–Kier alpha value is -1.34. The van der Waals surface area contributed by atoms with Crippen LogP contribution in [0.4, 0.5) is 0 Å². The molecule has 0 bridgehead atoms. The van der Waals surface area contributed by atoms with Gasteiger partial charge in [0.2, 0.25) is 0 Å². The molecule has 0 aromatic heterocycles. The first-order chi connectivity index (χ1) is 7.90. The molecule has 0 saturated heterocycles. The van der Waals surface area contributed by atoms with Crippen LogP contribution < -0.4 is 5.32 Å². The summed E-state index contributed by atoms with van der Waals surface area (Å²) in [5.74, 6) is 0. The van der Waals surface area contributed by atoms with Gasteiger partial charge in [0.15, 0.2) is 0 Å². The highest BCUT2D eigenvalue weighted by Gasteiger charge is 2.14. The van der Waals surface area contributed by atoms with E-state index in [2.05, 4.69) is 48.3 Å². The largest absolute Gasteiger partial charge is 0.306 e. The van der Waals surface area contributed by atoms with Crippen LogP contribution in [0.1, 0.15) is 24.8 Å². The number of allylic oxidation sites excluding steroid dienone is 1. The summed E-state index contributed by atoms with van der Waals surface area (Å²) in [6.45, 7) is 4.82. The fraction of sp³-hybridized carbons (Fsp3) is 0.333. The van der Waals surface area contributed by atoms with Gasteiger partial charge in [-0.05, 0) is 30.4 Å². The van der Waals surface area contributed by atoms with E-state index in [4.69, 9.17) is 0 Å². The first-order valence-electron chi connectivity index (χ1n) is 6.00. The molecule has 1 atom stereocenters. The molecule has 1 heteroatoms. The second-order valence-corrected chi connectivity index (χ2v) is 4.26. The Morgan fingerprint density at radius 2 is 2.12 bits per heavy atom. The summed E-state index contributed by atoms with van der Waals surface area (Å²) in [4.78, 5) is 0. The van der Waals surface area contributed by atoms with E-state index in [0.29, 0.717) is 6.04 Å². The molecule has 0 aliphatic heterocycles. The van der Waals surface area contributed by atoms with Crippen molar-refractivity contribution in [2.24, 2.45) is 0 Å². The molecule has 84 valence electrons. The summed E-state index contributed by atoms with van der Waals surface area (Å²) in [6.07, 6.45) is 8.00. The average molecular weight is 213 g/mol. The monoisotopic (exact) mass is 213 g/mol. The molecule has 1 N–H and O–H groups in total. The van der Waals surface area contributed by atoms with Crippen LogP contribution >= 0.6 is 0 Å². The Kier molecular flexibility index (Phi) is 3.95. The third kappa shape index (κ3) is 2.83. The van der Waals surface area contributed by atoms with E-state index >= 15 is 0 Å². The molecular weight excluding hydrogens is 194 g/mol. The lowest BCUT2D eigenvalue weighted by atomic mass is 9.94. The molecule has 0 spiro atoms. The lowest BCUT2D eigenvalue weighted by molar-refractivity contribution is 0.507. The standard InChI is InChI=1S/C15H19N/c1-2-14-10-6-7-11-15(14)16-12-13-8-4-3-5-9-13/h2-5,8-10,15-16H,1,6-7,11-12H2. The molecule has 0 radical (unpaired) electrons. The molecule has 16 heavy (non-hydrogen) atoms. The van der Waals surface area contributed by atoms with Gasteiger partial charge in [-0.15, -0.1) is 0 Å². The van der Waals surface area contributed by atoms with E-state index in [9.17, 15) is 0 Å². The summed E-state index contributed by atoms with van der Waals surface area (Å²) >= 11 is 0. The van der Waals surface area contributed by atoms with Gasteiger partial charge in [-0.3, -0.25) is 0 Å². The predicted octanol–water partition coefficient (Wildman–Crippen LogP) is 3.44. The summed E-state index contributed by atoms with van der Waals surface area (Å²) < 4.78 is 0. The zero-order valence-corrected chi connectivity index (χ0v) is 9.65. The van der Waals surface area contributed by atoms with Crippen molar-refractivity contribution in [3.63, 3.8) is 0 Å². The van der Waals surface area contributed by atoms with E-state index in [1.807, 2.05) is 6.08 Å². The van der Waals surface area contributed by atoms with Crippen molar-refractivity contribution >= 4 is 0 Å². The summed E-state index contributed by atoms with van der Waals surface area (Å²) in [5.41, 5.74) is 2.71. The molecule has 0 amide bonds. The maximum absolute atomic E-state index is 3.88. The third-order valence-electron chi connectivity index (χ3n) is 3.11. The van der Waals surface area contributed by atoms with Crippen molar-refractivity contribution < 1.29 is 0 Å². The van der Waals surface area contributed by atoms with Crippen LogP contribution in [0.25, 0.3) is 0 Å². The van der Waals surface area contributed by atoms with Gasteiger partial charge in [-0.1, -0.05) is 49.1 Å². The molecule has 1 aliphatic rings. The van der Waals surface area contributed by atoms with Crippen LogP contribution in [-0.2, 0) is 6.54 Å². The minimum atomic E-state index is 0.492. The average Bonchev–Trinajstić information content (AvgIpc) is 2.38. The van der Waals surface area contributed by atoms with E-state index < -0.39 is 0 Å². The highest BCUT2D eigenvalue weighted by molar-refractivity contribution is 5.25. The zero-order chi connectivity index (χ0) is 11.2. The van der Waals surface area contributed by atoms with Gasteiger partial charge in [-0.25, -0.2) is 0 Å².